The van der Waals surface area contributed by atoms with Gasteiger partial charge in [-0.3, -0.25) is 0 Å². The van der Waals surface area contributed by atoms with E-state index in [2.05, 4.69) is 11.3 Å². The summed E-state index contributed by atoms with van der Waals surface area (Å²) in [6, 6.07) is 0. The number of hydrogen-bond donors (Lipinski definition) is 0. The molecule has 0 amide bonds. The van der Waals surface area contributed by atoms with Crippen molar-refractivity contribution in [1.82, 2.24) is 4.90 Å². The second kappa shape index (κ2) is 3.57. The molecule has 0 aromatic rings. The second-order valence-corrected chi connectivity index (χ2v) is 3.93. The molecule has 1 heteroatoms. The smallest absolute Gasteiger partial charge is 0.00155 e. The summed E-state index contributed by atoms with van der Waals surface area (Å²) in [5.41, 5.74) is 0. The van der Waals surface area contributed by atoms with Gasteiger partial charge >= 0.3 is 0 Å². The highest BCUT2D eigenvalue weighted by Gasteiger charge is 2.22. The summed E-state index contributed by atoms with van der Waals surface area (Å²) in [5, 5.41) is 0. The topological polar surface area (TPSA) is 3.24 Å². The fourth-order valence-corrected chi connectivity index (χ4v) is 1.77. The molecule has 1 saturated heterocycles. The first-order valence-electron chi connectivity index (χ1n) is 5.01. The Labute approximate surface area is 69.8 Å². The van der Waals surface area contributed by atoms with Gasteiger partial charge in [0.25, 0.3) is 0 Å². The SMILES string of the molecule is [CH](CN1CCCCC1)C1CC1. The van der Waals surface area contributed by atoms with Crippen molar-refractivity contribution in [2.45, 2.75) is 32.1 Å². The van der Waals surface area contributed by atoms with Crippen LogP contribution in [0.15, 0.2) is 0 Å². The molecule has 0 aromatic carbocycles. The van der Waals surface area contributed by atoms with E-state index in [4.69, 9.17) is 0 Å². The lowest BCUT2D eigenvalue weighted by Crippen LogP contribution is -2.30. The standard InChI is InChI=1S/C10H18N/c1-2-7-11(8-3-1)9-6-10-4-5-10/h6,10H,1-5,7-9H2. The van der Waals surface area contributed by atoms with Gasteiger partial charge in [0.05, 0.1) is 0 Å². The summed E-state index contributed by atoms with van der Waals surface area (Å²) in [6.45, 7) is 3.97. The maximum Gasteiger partial charge on any atom is 0.00155 e. The van der Waals surface area contributed by atoms with Crippen LogP contribution in [0.1, 0.15) is 32.1 Å². The van der Waals surface area contributed by atoms with E-state index in [0.717, 1.165) is 5.92 Å². The van der Waals surface area contributed by atoms with Crippen LogP contribution in [0.3, 0.4) is 0 Å². The summed E-state index contributed by atoms with van der Waals surface area (Å²) in [6.07, 6.45) is 9.77. The molecule has 11 heavy (non-hydrogen) atoms. The summed E-state index contributed by atoms with van der Waals surface area (Å²) >= 11 is 0. The van der Waals surface area contributed by atoms with Gasteiger partial charge in [-0.25, -0.2) is 0 Å². The minimum Gasteiger partial charge on any atom is -0.303 e. The van der Waals surface area contributed by atoms with Crippen LogP contribution in [0.25, 0.3) is 0 Å². The third-order valence-corrected chi connectivity index (χ3v) is 2.77. The molecule has 0 N–H and O–H groups in total. The molecule has 1 nitrogen and oxygen atoms in total. The van der Waals surface area contributed by atoms with Gasteiger partial charge in [0, 0.05) is 6.54 Å². The second-order valence-electron chi connectivity index (χ2n) is 3.93. The van der Waals surface area contributed by atoms with E-state index in [1.165, 1.54) is 51.7 Å². The highest BCUT2D eigenvalue weighted by atomic mass is 15.1. The van der Waals surface area contributed by atoms with Crippen molar-refractivity contribution in [3.63, 3.8) is 0 Å². The molecular weight excluding hydrogens is 134 g/mol. The Kier molecular flexibility index (Phi) is 2.47. The van der Waals surface area contributed by atoms with Crippen LogP contribution in [0, 0.1) is 12.3 Å². The lowest BCUT2D eigenvalue weighted by Gasteiger charge is -2.26. The zero-order chi connectivity index (χ0) is 7.52. The normalized spacial score (nSPS) is 27.3. The minimum atomic E-state index is 0.997. The van der Waals surface area contributed by atoms with Crippen molar-refractivity contribution in [2.24, 2.45) is 5.92 Å². The van der Waals surface area contributed by atoms with E-state index in [9.17, 15) is 0 Å². The van der Waals surface area contributed by atoms with Crippen molar-refractivity contribution in [2.75, 3.05) is 19.6 Å². The molecule has 2 rings (SSSR count). The Morgan fingerprint density at radius 2 is 1.82 bits per heavy atom. The number of piperidine rings is 1. The van der Waals surface area contributed by atoms with Crippen molar-refractivity contribution in [3.05, 3.63) is 6.42 Å². The maximum absolute atomic E-state index is 2.60. The van der Waals surface area contributed by atoms with Crippen LogP contribution in [0.4, 0.5) is 0 Å². The van der Waals surface area contributed by atoms with Crippen LogP contribution in [-0.2, 0) is 0 Å². The Morgan fingerprint density at radius 3 is 2.45 bits per heavy atom. The van der Waals surface area contributed by atoms with Crippen molar-refractivity contribution in [1.29, 1.82) is 0 Å². The van der Waals surface area contributed by atoms with E-state index in [0.29, 0.717) is 0 Å². The van der Waals surface area contributed by atoms with E-state index in [1.54, 1.807) is 0 Å². The fraction of sp³-hybridized carbons (Fsp3) is 0.900. The van der Waals surface area contributed by atoms with Gasteiger partial charge < -0.3 is 4.90 Å². The molecule has 0 bridgehead atoms. The number of hydrogen-bond acceptors (Lipinski definition) is 1. The van der Waals surface area contributed by atoms with Crippen LogP contribution in [-0.4, -0.2) is 24.5 Å². The number of rotatable bonds is 3. The third-order valence-electron chi connectivity index (χ3n) is 2.77. The molecule has 1 aliphatic carbocycles. The highest BCUT2D eigenvalue weighted by Crippen LogP contribution is 2.31. The quantitative estimate of drug-likeness (QED) is 0.598. The molecule has 1 heterocycles. The van der Waals surface area contributed by atoms with E-state index >= 15 is 0 Å². The summed E-state index contributed by atoms with van der Waals surface area (Å²) in [5.74, 6) is 0.997. The van der Waals surface area contributed by atoms with Crippen LogP contribution in [0.5, 0.6) is 0 Å². The molecule has 0 unspecified atom stereocenters. The average molecular weight is 152 g/mol. The Morgan fingerprint density at radius 1 is 1.09 bits per heavy atom. The lowest BCUT2D eigenvalue weighted by atomic mass is 10.1. The molecule has 0 spiro atoms. The predicted octanol–water partition coefficient (Wildman–Crippen LogP) is 2.09. The number of likely N-dealkylation sites (tertiary alicyclic amines) is 1. The van der Waals surface area contributed by atoms with E-state index in [-0.39, 0.29) is 0 Å². The van der Waals surface area contributed by atoms with Crippen LogP contribution in [0.2, 0.25) is 0 Å². The fourth-order valence-electron chi connectivity index (χ4n) is 1.77. The molecule has 2 fully saturated rings. The van der Waals surface area contributed by atoms with Gasteiger partial charge in [-0.05, 0) is 51.1 Å². The van der Waals surface area contributed by atoms with Crippen molar-refractivity contribution >= 4 is 0 Å². The summed E-state index contributed by atoms with van der Waals surface area (Å²) < 4.78 is 0. The molecular formula is C10H18N. The largest absolute Gasteiger partial charge is 0.303 e. The zero-order valence-corrected chi connectivity index (χ0v) is 7.26. The maximum atomic E-state index is 2.60. The molecule has 1 saturated carbocycles. The first kappa shape index (κ1) is 7.60. The summed E-state index contributed by atoms with van der Waals surface area (Å²) in [4.78, 5) is 2.60. The van der Waals surface area contributed by atoms with Crippen LogP contribution < -0.4 is 0 Å². The van der Waals surface area contributed by atoms with E-state index in [1.807, 2.05) is 0 Å². The van der Waals surface area contributed by atoms with Crippen molar-refractivity contribution < 1.29 is 0 Å². The van der Waals surface area contributed by atoms with Crippen LogP contribution >= 0.6 is 0 Å². The average Bonchev–Trinajstić information content (AvgIpc) is 2.86. The highest BCUT2D eigenvalue weighted by molar-refractivity contribution is 4.89. The monoisotopic (exact) mass is 152 g/mol. The summed E-state index contributed by atoms with van der Waals surface area (Å²) in [7, 11) is 0. The van der Waals surface area contributed by atoms with Gasteiger partial charge in [-0.1, -0.05) is 6.42 Å². The molecule has 63 valence electrons. The molecule has 1 aliphatic heterocycles. The Hall–Kier alpha value is -0.0400. The first-order chi connectivity index (χ1) is 5.45. The zero-order valence-electron chi connectivity index (χ0n) is 7.26. The Bertz CT molecular complexity index is 112. The van der Waals surface area contributed by atoms with E-state index < -0.39 is 0 Å². The molecule has 0 atom stereocenters. The molecule has 2 aliphatic rings. The van der Waals surface area contributed by atoms with Gasteiger partial charge in [0.1, 0.15) is 0 Å². The van der Waals surface area contributed by atoms with Gasteiger partial charge in [-0.15, -0.1) is 0 Å². The molecule has 1 radical (unpaired) electrons. The first-order valence-corrected chi connectivity index (χ1v) is 5.01. The van der Waals surface area contributed by atoms with Gasteiger partial charge in [0.2, 0.25) is 0 Å². The Balaban J connectivity index is 1.59. The van der Waals surface area contributed by atoms with Crippen molar-refractivity contribution in [3.8, 4) is 0 Å². The lowest BCUT2D eigenvalue weighted by molar-refractivity contribution is 0.242. The predicted molar refractivity (Wildman–Crippen MR) is 47.3 cm³/mol. The third kappa shape index (κ3) is 2.48. The number of nitrogens with zero attached hydrogens (tertiary/aromatic N) is 1. The minimum absolute atomic E-state index is 0.997. The van der Waals surface area contributed by atoms with Gasteiger partial charge in [-0.2, -0.15) is 0 Å². The van der Waals surface area contributed by atoms with Gasteiger partial charge in [0.15, 0.2) is 0 Å². The molecule has 0 aromatic heterocycles.